The molecule has 0 rings (SSSR count). The number of hydrogen-bond donors (Lipinski definition) is 1. The van der Waals surface area contributed by atoms with Crippen LogP contribution < -0.4 is 18.9 Å². The van der Waals surface area contributed by atoms with E-state index in [1.54, 1.807) is 0 Å². The molecule has 4 heteroatoms. The molecular weight excluding hydrogens is 122 g/mol. The first-order valence-electron chi connectivity index (χ1n) is 0.928. The maximum Gasteiger partial charge on any atom is 1.00 e. The van der Waals surface area contributed by atoms with E-state index < -0.39 is 5.97 Å². The summed E-state index contributed by atoms with van der Waals surface area (Å²) in [4.78, 5) is 9.00. The second-order valence-corrected chi connectivity index (χ2v) is 0.519. The van der Waals surface area contributed by atoms with E-state index in [9.17, 15) is 0 Å². The molecule has 0 amide bonds. The molecule has 0 aliphatic rings. The van der Waals surface area contributed by atoms with Crippen LogP contribution in [-0.2, 0) is 21.6 Å². The Labute approximate surface area is 60.2 Å². The van der Waals surface area contributed by atoms with Crippen molar-refractivity contribution in [2.75, 3.05) is 0 Å². The first-order chi connectivity index (χ1) is 1.73. The molecule has 0 atom stereocenters. The fourth-order valence-electron chi connectivity index (χ4n) is 0. The molecule has 0 fully saturated rings. The second kappa shape index (κ2) is 9.13. The molecular formula is C2H5CoLiO2. The summed E-state index contributed by atoms with van der Waals surface area (Å²) in [6, 6.07) is 0. The molecule has 0 aliphatic carbocycles. The summed E-state index contributed by atoms with van der Waals surface area (Å²) in [7, 11) is 0. The quantitative estimate of drug-likeness (QED) is 0.357. The summed E-state index contributed by atoms with van der Waals surface area (Å²) in [5.74, 6) is -0.833. The molecule has 35 valence electrons. The van der Waals surface area contributed by atoms with Crippen LogP contribution in [0.1, 0.15) is 8.35 Å². The van der Waals surface area contributed by atoms with Gasteiger partial charge < -0.3 is 6.53 Å². The van der Waals surface area contributed by atoms with Gasteiger partial charge in [-0.25, -0.2) is 0 Å². The van der Waals surface area contributed by atoms with Gasteiger partial charge in [-0.1, -0.05) is 0 Å². The third-order valence-electron chi connectivity index (χ3n) is 0. The van der Waals surface area contributed by atoms with Crippen molar-refractivity contribution in [2.45, 2.75) is 6.92 Å². The fourth-order valence-corrected chi connectivity index (χ4v) is 0. The molecule has 1 radical (unpaired) electrons. The summed E-state index contributed by atoms with van der Waals surface area (Å²) in [6.45, 7) is 1.08. The normalized spacial score (nSPS) is 4.17. The van der Waals surface area contributed by atoms with Crippen molar-refractivity contribution in [3.05, 3.63) is 0 Å². The Balaban J connectivity index is -0.0000000150. The standard InChI is InChI=1S/C2H4O2.Co.Li.H/c1-2(3)4;;;/h1H3,(H,3,4);;;/q;;+1;-1. The van der Waals surface area contributed by atoms with Crippen LogP contribution in [0, 0.1) is 0 Å². The van der Waals surface area contributed by atoms with Crippen LogP contribution in [0.2, 0.25) is 0 Å². The molecule has 0 unspecified atom stereocenters. The van der Waals surface area contributed by atoms with Crippen LogP contribution in [0.4, 0.5) is 0 Å². The minimum atomic E-state index is -0.833. The molecule has 0 heterocycles. The average molecular weight is 127 g/mol. The third-order valence-corrected chi connectivity index (χ3v) is 0. The van der Waals surface area contributed by atoms with Gasteiger partial charge >= 0.3 is 18.9 Å². The third kappa shape index (κ3) is 177. The van der Waals surface area contributed by atoms with Gasteiger partial charge in [0, 0.05) is 23.7 Å². The maximum atomic E-state index is 9.00. The molecule has 0 aliphatic heterocycles. The van der Waals surface area contributed by atoms with Crippen LogP contribution in [0.25, 0.3) is 0 Å². The maximum absolute atomic E-state index is 9.00. The van der Waals surface area contributed by atoms with E-state index in [0.29, 0.717) is 0 Å². The van der Waals surface area contributed by atoms with E-state index in [1.165, 1.54) is 0 Å². The van der Waals surface area contributed by atoms with Gasteiger partial charge in [-0.3, -0.25) is 4.79 Å². The zero-order valence-electron chi connectivity index (χ0n) is 4.69. The van der Waals surface area contributed by atoms with Crippen molar-refractivity contribution in [3.8, 4) is 0 Å². The van der Waals surface area contributed by atoms with E-state index in [0.717, 1.165) is 6.92 Å². The van der Waals surface area contributed by atoms with Gasteiger partial charge in [-0.15, -0.1) is 0 Å². The monoisotopic (exact) mass is 127 g/mol. The number of hydrogen-bond acceptors (Lipinski definition) is 1. The predicted molar refractivity (Wildman–Crippen MR) is 14.4 cm³/mol. The molecule has 0 saturated heterocycles. The van der Waals surface area contributed by atoms with Crippen LogP contribution in [-0.4, -0.2) is 11.1 Å². The molecule has 2 nitrogen and oxygen atoms in total. The van der Waals surface area contributed by atoms with Crippen LogP contribution >= 0.6 is 0 Å². The van der Waals surface area contributed by atoms with E-state index in [1.807, 2.05) is 0 Å². The number of rotatable bonds is 0. The Morgan fingerprint density at radius 3 is 1.83 bits per heavy atom. The first kappa shape index (κ1) is 16.0. The number of carbonyl (C=O) groups is 1. The largest absolute Gasteiger partial charge is 1.00 e. The average Bonchev–Trinajstić information content (AvgIpc) is 0.811. The Kier molecular flexibility index (Phi) is 24.3. The Morgan fingerprint density at radius 2 is 1.83 bits per heavy atom. The SMILES string of the molecule is CC(=O)O.[Co].[H-].[Li+]. The van der Waals surface area contributed by atoms with Crippen LogP contribution in [0.5, 0.6) is 0 Å². The number of aliphatic carboxylic acids is 1. The summed E-state index contributed by atoms with van der Waals surface area (Å²) < 4.78 is 0. The van der Waals surface area contributed by atoms with Gasteiger partial charge in [0.05, 0.1) is 0 Å². The van der Waals surface area contributed by atoms with Gasteiger partial charge in [0.15, 0.2) is 0 Å². The number of carboxylic acid groups (broad SMARTS) is 1. The molecule has 1 N–H and O–H groups in total. The van der Waals surface area contributed by atoms with Gasteiger partial charge in [0.2, 0.25) is 0 Å². The zero-order chi connectivity index (χ0) is 3.58. The van der Waals surface area contributed by atoms with E-state index in [4.69, 9.17) is 9.90 Å². The second-order valence-electron chi connectivity index (χ2n) is 0.519. The van der Waals surface area contributed by atoms with Crippen molar-refractivity contribution in [2.24, 2.45) is 0 Å². The minimum absolute atomic E-state index is 0. The van der Waals surface area contributed by atoms with Crippen LogP contribution in [0.3, 0.4) is 0 Å². The fraction of sp³-hybridized carbons (Fsp3) is 0.500. The van der Waals surface area contributed by atoms with Crippen molar-refractivity contribution in [3.63, 3.8) is 0 Å². The molecule has 0 aromatic carbocycles. The van der Waals surface area contributed by atoms with Crippen LogP contribution in [0.15, 0.2) is 0 Å². The molecule has 0 bridgehead atoms. The molecule has 0 spiro atoms. The summed E-state index contributed by atoms with van der Waals surface area (Å²) >= 11 is 0. The summed E-state index contributed by atoms with van der Waals surface area (Å²) in [5.41, 5.74) is 0. The van der Waals surface area contributed by atoms with Crippen molar-refractivity contribution in [1.29, 1.82) is 0 Å². The van der Waals surface area contributed by atoms with E-state index in [2.05, 4.69) is 0 Å². The van der Waals surface area contributed by atoms with Gasteiger partial charge in [-0.05, 0) is 0 Å². The number of carboxylic acids is 1. The molecule has 0 aromatic heterocycles. The van der Waals surface area contributed by atoms with Gasteiger partial charge in [-0.2, -0.15) is 0 Å². The smallest absolute Gasteiger partial charge is 1.00 e. The topological polar surface area (TPSA) is 37.3 Å². The first-order valence-corrected chi connectivity index (χ1v) is 0.928. The van der Waals surface area contributed by atoms with Crippen molar-refractivity contribution in [1.82, 2.24) is 0 Å². The molecule has 0 saturated carbocycles. The summed E-state index contributed by atoms with van der Waals surface area (Å²) in [5, 5.41) is 7.42. The van der Waals surface area contributed by atoms with Crippen molar-refractivity contribution >= 4 is 5.97 Å². The zero-order valence-corrected chi connectivity index (χ0v) is 4.73. The van der Waals surface area contributed by atoms with E-state index in [-0.39, 0.29) is 37.1 Å². The summed E-state index contributed by atoms with van der Waals surface area (Å²) in [6.07, 6.45) is 0. The Hall–Kier alpha value is 0.574. The van der Waals surface area contributed by atoms with E-state index >= 15 is 0 Å². The van der Waals surface area contributed by atoms with Gasteiger partial charge in [0.1, 0.15) is 0 Å². The molecule has 0 aromatic rings. The Morgan fingerprint density at radius 1 is 1.83 bits per heavy atom. The predicted octanol–water partition coefficient (Wildman–Crippen LogP) is -2.80. The minimum Gasteiger partial charge on any atom is -1.00 e. The Bertz CT molecular complexity index is 38.7. The van der Waals surface area contributed by atoms with Gasteiger partial charge in [0.25, 0.3) is 5.97 Å². The molecule has 6 heavy (non-hydrogen) atoms. The van der Waals surface area contributed by atoms with Crippen molar-refractivity contribution < 1.29 is 47.0 Å².